The Bertz CT molecular complexity index is 1770. The first-order chi connectivity index (χ1) is 21.4. The van der Waals surface area contributed by atoms with E-state index in [1.165, 1.54) is 18.7 Å². The van der Waals surface area contributed by atoms with Crippen molar-refractivity contribution >= 4 is 86.1 Å². The molecule has 0 aliphatic carbocycles. The summed E-state index contributed by atoms with van der Waals surface area (Å²) in [5.74, 6) is -3.74. The van der Waals surface area contributed by atoms with E-state index in [1.807, 2.05) is 34.4 Å². The minimum atomic E-state index is -1.53. The fourth-order valence-electron chi connectivity index (χ4n) is 4.94. The van der Waals surface area contributed by atoms with Gasteiger partial charge in [-0.1, -0.05) is 28.1 Å². The lowest BCUT2D eigenvalue weighted by atomic mass is 10.0. The third-order valence-corrected chi connectivity index (χ3v) is 9.57. The first kappa shape index (κ1) is 32.0. The highest BCUT2D eigenvalue weighted by molar-refractivity contribution is 8.00. The molecule has 1 unspecified atom stereocenters. The largest absolute Gasteiger partial charge is 0.543 e. The van der Waals surface area contributed by atoms with E-state index in [1.54, 1.807) is 6.20 Å². The number of thioether (sulfide) groups is 1. The van der Waals surface area contributed by atoms with Gasteiger partial charge in [-0.15, -0.1) is 11.8 Å². The second kappa shape index (κ2) is 12.9. The lowest BCUT2D eigenvalue weighted by molar-refractivity contribution is -0.663. The first-order valence-corrected chi connectivity index (χ1v) is 15.7. The molecule has 7 N–H and O–H groups in total. The van der Waals surface area contributed by atoms with Crippen molar-refractivity contribution in [2.75, 3.05) is 30.8 Å². The molecule has 2 amide bonds. The van der Waals surface area contributed by atoms with Crippen molar-refractivity contribution in [3.8, 4) is 0 Å². The van der Waals surface area contributed by atoms with Crippen LogP contribution >= 0.6 is 34.7 Å². The van der Waals surface area contributed by atoms with Gasteiger partial charge in [0.2, 0.25) is 11.6 Å². The number of nitrogens with two attached hydrogens (primary N) is 2. The van der Waals surface area contributed by atoms with Gasteiger partial charge in [-0.25, -0.2) is 9.78 Å². The van der Waals surface area contributed by atoms with Crippen LogP contribution in [0.4, 0.5) is 10.9 Å². The third-order valence-electron chi connectivity index (χ3n) is 7.14. The van der Waals surface area contributed by atoms with Gasteiger partial charge in [-0.2, -0.15) is 4.57 Å². The van der Waals surface area contributed by atoms with Crippen molar-refractivity contribution in [1.82, 2.24) is 25.1 Å². The van der Waals surface area contributed by atoms with E-state index in [2.05, 4.69) is 20.8 Å². The number of pyridine rings is 1. The van der Waals surface area contributed by atoms with Gasteiger partial charge in [0.25, 0.3) is 11.8 Å². The zero-order chi connectivity index (χ0) is 32.6. The molecule has 19 heteroatoms. The third kappa shape index (κ3) is 6.13. The Morgan fingerprint density at radius 3 is 2.78 bits per heavy atom. The SMILES string of the molecule is CNCCn1c(N)cc2c1ccc[n+]2CC1=C(C(=O)[O-])N2C(=O)[C@@H](NC(=O)/C(=N\O[C@@H](C)C(=O)O)c3nc(N)sc3Cl)C2SC1. The standard InChI is InChI=1S/C26H28ClN9O7S2/c1-11(24(39)40)43-33-17(16-20(27)45-26(29)32-16)21(37)31-18-22(38)36-19(25(41)42)12(10-44-23(18)36)9-34-6-3-4-13-14(34)8-15(28)35(13)7-5-30-2/h3-4,6,8,11,18,23,28,30H,5,7,9-10H2,1-2H3,(H5,29,31,32,37,39,40,41,42)/b33-17-/t11-,18+,23?/m0/s1. The monoisotopic (exact) mass is 677 g/mol. The lowest BCUT2D eigenvalue weighted by Crippen LogP contribution is -2.71. The van der Waals surface area contributed by atoms with E-state index in [4.69, 9.17) is 33.0 Å². The number of nitrogens with zero attached hydrogens (tertiary/aromatic N) is 5. The van der Waals surface area contributed by atoms with E-state index in [0.29, 0.717) is 24.5 Å². The molecule has 5 heterocycles. The van der Waals surface area contributed by atoms with Gasteiger partial charge in [0, 0.05) is 30.5 Å². The molecule has 0 spiro atoms. The Hall–Kier alpha value is -4.39. The number of hydrogen-bond donors (Lipinski definition) is 5. The fraction of sp³-hybridized carbons (Fsp3) is 0.346. The highest BCUT2D eigenvalue weighted by Gasteiger charge is 2.53. The van der Waals surface area contributed by atoms with Gasteiger partial charge in [0.1, 0.15) is 32.8 Å². The number of fused-ring (bicyclic) bond motifs is 2. The summed E-state index contributed by atoms with van der Waals surface area (Å²) in [5, 5.41) is 30.0. The summed E-state index contributed by atoms with van der Waals surface area (Å²) in [7, 11) is 1.84. The molecule has 3 aromatic rings. The molecule has 0 aromatic carbocycles. The molecule has 0 bridgehead atoms. The number of amides is 2. The van der Waals surface area contributed by atoms with E-state index in [0.717, 1.165) is 27.3 Å². The number of oxime groups is 1. The van der Waals surface area contributed by atoms with Crippen LogP contribution in [0, 0.1) is 0 Å². The van der Waals surface area contributed by atoms with Gasteiger partial charge in [-0.05, 0) is 20.0 Å². The molecule has 238 valence electrons. The minimum absolute atomic E-state index is 0.0116. The average molecular weight is 678 g/mol. The second-order valence-electron chi connectivity index (χ2n) is 10.0. The number of carbonyl (C=O) groups excluding carboxylic acids is 3. The molecular formula is C26H28ClN9O7S2. The molecule has 0 radical (unpaired) electrons. The van der Waals surface area contributed by atoms with Crippen molar-refractivity contribution in [2.45, 2.75) is 37.5 Å². The maximum absolute atomic E-state index is 13.3. The zero-order valence-corrected chi connectivity index (χ0v) is 26.2. The number of aliphatic carboxylic acids is 2. The number of carboxylic acid groups (broad SMARTS) is 2. The average Bonchev–Trinajstić information content (AvgIpc) is 3.51. The predicted molar refractivity (Wildman–Crippen MR) is 164 cm³/mol. The summed E-state index contributed by atoms with van der Waals surface area (Å²) in [4.78, 5) is 60.2. The summed E-state index contributed by atoms with van der Waals surface area (Å²) in [6.07, 6.45) is 0.380. The molecule has 2 aliphatic rings. The molecule has 5 rings (SSSR count). The number of carboxylic acids is 2. The lowest BCUT2D eigenvalue weighted by Gasteiger charge is -2.50. The van der Waals surface area contributed by atoms with E-state index in [-0.39, 0.29) is 33.2 Å². The topological polar surface area (TPSA) is 234 Å². The van der Waals surface area contributed by atoms with Gasteiger partial charge in [0.05, 0.1) is 17.7 Å². The van der Waals surface area contributed by atoms with Crippen molar-refractivity contribution < 1.29 is 38.8 Å². The number of carbonyl (C=O) groups is 4. The van der Waals surface area contributed by atoms with Crippen LogP contribution in [0.1, 0.15) is 12.6 Å². The number of rotatable bonds is 12. The van der Waals surface area contributed by atoms with Crippen LogP contribution in [-0.2, 0) is 37.1 Å². The Kier molecular flexibility index (Phi) is 9.19. The normalized spacial score (nSPS) is 18.9. The highest BCUT2D eigenvalue weighted by atomic mass is 35.5. The van der Waals surface area contributed by atoms with Crippen LogP contribution in [-0.4, -0.2) is 85.9 Å². The van der Waals surface area contributed by atoms with Crippen LogP contribution in [0.2, 0.25) is 4.34 Å². The van der Waals surface area contributed by atoms with E-state index in [9.17, 15) is 24.3 Å². The Morgan fingerprint density at radius 2 is 2.13 bits per heavy atom. The number of thiazole rings is 1. The number of hydrogen-bond acceptors (Lipinski definition) is 13. The van der Waals surface area contributed by atoms with Crippen LogP contribution in [0.25, 0.3) is 11.0 Å². The van der Waals surface area contributed by atoms with Crippen LogP contribution in [0.5, 0.6) is 0 Å². The Balaban J connectivity index is 1.39. The summed E-state index contributed by atoms with van der Waals surface area (Å²) >= 11 is 8.27. The van der Waals surface area contributed by atoms with Crippen molar-refractivity contribution in [1.29, 1.82) is 0 Å². The molecule has 1 saturated heterocycles. The molecule has 1 fully saturated rings. The fourth-order valence-corrected chi connectivity index (χ4v) is 7.21. The van der Waals surface area contributed by atoms with E-state index >= 15 is 0 Å². The number of β-lactam (4-membered cyclic amide) rings is 1. The summed E-state index contributed by atoms with van der Waals surface area (Å²) in [5.41, 5.74) is 13.1. The maximum Gasteiger partial charge on any atom is 0.347 e. The van der Waals surface area contributed by atoms with Crippen LogP contribution < -0.4 is 31.8 Å². The highest BCUT2D eigenvalue weighted by Crippen LogP contribution is 2.40. The smallest absolute Gasteiger partial charge is 0.347 e. The molecule has 2 aliphatic heterocycles. The van der Waals surface area contributed by atoms with E-state index < -0.39 is 47.0 Å². The molecular weight excluding hydrogens is 650 g/mol. The zero-order valence-electron chi connectivity index (χ0n) is 23.9. The van der Waals surface area contributed by atoms with Gasteiger partial charge in [0.15, 0.2) is 23.6 Å². The quantitative estimate of drug-likeness (QED) is 0.0653. The number of halogens is 1. The molecule has 3 atom stereocenters. The van der Waals surface area contributed by atoms with Crippen LogP contribution in [0.15, 0.2) is 40.8 Å². The maximum atomic E-state index is 13.3. The molecule has 3 aromatic heterocycles. The Morgan fingerprint density at radius 1 is 1.38 bits per heavy atom. The Labute approximate surface area is 268 Å². The minimum Gasteiger partial charge on any atom is -0.543 e. The number of aromatic nitrogens is 3. The van der Waals surface area contributed by atoms with Gasteiger partial charge in [-0.3, -0.25) is 14.5 Å². The first-order valence-electron chi connectivity index (χ1n) is 13.4. The van der Waals surface area contributed by atoms with Gasteiger partial charge < -0.3 is 46.5 Å². The van der Waals surface area contributed by atoms with Gasteiger partial charge >= 0.3 is 5.97 Å². The summed E-state index contributed by atoms with van der Waals surface area (Å²) in [6, 6.07) is 4.42. The number of nitrogen functional groups attached to an aromatic ring is 2. The summed E-state index contributed by atoms with van der Waals surface area (Å²) < 4.78 is 3.79. The molecule has 45 heavy (non-hydrogen) atoms. The number of likely N-dealkylation sites (N-methyl/N-ethyl adjacent to an activating group) is 1. The summed E-state index contributed by atoms with van der Waals surface area (Å²) in [6.45, 7) is 2.68. The number of anilines is 2. The predicted octanol–water partition coefficient (Wildman–Crippen LogP) is -1.28. The van der Waals surface area contributed by atoms with Crippen molar-refractivity contribution in [2.24, 2.45) is 5.16 Å². The van der Waals surface area contributed by atoms with Crippen molar-refractivity contribution in [3.05, 3.63) is 45.7 Å². The van der Waals surface area contributed by atoms with Crippen molar-refractivity contribution in [3.63, 3.8) is 0 Å². The molecule has 0 saturated carbocycles. The van der Waals surface area contributed by atoms with Crippen LogP contribution in [0.3, 0.4) is 0 Å². The number of nitrogens with one attached hydrogen (secondary N) is 2. The molecule has 16 nitrogen and oxygen atoms in total. The second-order valence-corrected chi connectivity index (χ2v) is 12.8.